The molecule has 0 saturated heterocycles. The fourth-order valence-corrected chi connectivity index (χ4v) is 1.53. The Morgan fingerprint density at radius 3 is 2.38 bits per heavy atom. The smallest absolute Gasteiger partial charge is 0.0464 e. The number of methoxy groups -OCH3 is 1. The first-order valence-electron chi connectivity index (χ1n) is 5.34. The molecule has 0 aromatic heterocycles. The highest BCUT2D eigenvalue weighted by molar-refractivity contribution is 4.58. The van der Waals surface area contributed by atoms with Crippen LogP contribution in [0.15, 0.2) is 0 Å². The van der Waals surface area contributed by atoms with Crippen molar-refractivity contribution in [3.05, 3.63) is 0 Å². The molecule has 2 nitrogen and oxygen atoms in total. The van der Waals surface area contributed by atoms with Crippen molar-refractivity contribution >= 4 is 0 Å². The van der Waals surface area contributed by atoms with Crippen LogP contribution in [0.1, 0.15) is 32.6 Å². The topological polar surface area (TPSA) is 12.5 Å². The van der Waals surface area contributed by atoms with Gasteiger partial charge >= 0.3 is 0 Å². The molecule has 0 fully saturated rings. The Hall–Kier alpha value is -0.0800. The molecule has 80 valence electrons. The van der Waals surface area contributed by atoms with Gasteiger partial charge in [-0.3, -0.25) is 0 Å². The standard InChI is InChI=1S/C11H25NO/c1-5-11(8-10-13-4)7-6-9-12(2)3/h11H,5-10H2,1-4H3/t11-/m1/s1. The van der Waals surface area contributed by atoms with Crippen molar-refractivity contribution in [1.82, 2.24) is 4.90 Å². The van der Waals surface area contributed by atoms with E-state index in [0.717, 1.165) is 12.5 Å². The zero-order valence-corrected chi connectivity index (χ0v) is 9.68. The Balaban J connectivity index is 3.36. The average Bonchev–Trinajstić information content (AvgIpc) is 2.10. The summed E-state index contributed by atoms with van der Waals surface area (Å²) in [6.07, 6.45) is 5.17. The maximum absolute atomic E-state index is 5.09. The summed E-state index contributed by atoms with van der Waals surface area (Å²) in [6, 6.07) is 0. The average molecular weight is 187 g/mol. The van der Waals surface area contributed by atoms with E-state index in [1.165, 1.54) is 32.2 Å². The predicted octanol–water partition coefficient (Wildman–Crippen LogP) is 2.39. The molecular weight excluding hydrogens is 162 g/mol. The van der Waals surface area contributed by atoms with Gasteiger partial charge in [0.05, 0.1) is 0 Å². The Morgan fingerprint density at radius 2 is 1.92 bits per heavy atom. The highest BCUT2D eigenvalue weighted by atomic mass is 16.5. The van der Waals surface area contributed by atoms with Crippen LogP contribution in [0.25, 0.3) is 0 Å². The Morgan fingerprint density at radius 1 is 1.23 bits per heavy atom. The first kappa shape index (κ1) is 12.9. The zero-order valence-electron chi connectivity index (χ0n) is 9.68. The molecule has 0 aliphatic rings. The van der Waals surface area contributed by atoms with Crippen molar-refractivity contribution < 1.29 is 4.74 Å². The summed E-state index contributed by atoms with van der Waals surface area (Å²) in [7, 11) is 6.05. The molecule has 0 saturated carbocycles. The van der Waals surface area contributed by atoms with Crippen molar-refractivity contribution in [2.45, 2.75) is 32.6 Å². The number of rotatable bonds is 8. The van der Waals surface area contributed by atoms with Crippen LogP contribution in [0.3, 0.4) is 0 Å². The monoisotopic (exact) mass is 187 g/mol. The van der Waals surface area contributed by atoms with Gasteiger partial charge in [0.2, 0.25) is 0 Å². The molecule has 0 heterocycles. The molecule has 0 unspecified atom stereocenters. The van der Waals surface area contributed by atoms with Crippen molar-refractivity contribution in [3.63, 3.8) is 0 Å². The Labute approximate surface area is 83.3 Å². The molecule has 0 bridgehead atoms. The second kappa shape index (κ2) is 8.52. The summed E-state index contributed by atoms with van der Waals surface area (Å²) in [5.41, 5.74) is 0. The molecule has 0 spiro atoms. The Bertz CT molecular complexity index is 104. The molecule has 13 heavy (non-hydrogen) atoms. The molecule has 0 aliphatic heterocycles. The Kier molecular flexibility index (Phi) is 8.46. The second-order valence-corrected chi connectivity index (χ2v) is 4.00. The van der Waals surface area contributed by atoms with Gasteiger partial charge in [0.1, 0.15) is 0 Å². The van der Waals surface area contributed by atoms with Crippen LogP contribution >= 0.6 is 0 Å². The maximum Gasteiger partial charge on any atom is 0.0464 e. The van der Waals surface area contributed by atoms with Crippen LogP contribution in [0.4, 0.5) is 0 Å². The van der Waals surface area contributed by atoms with Crippen molar-refractivity contribution in [2.24, 2.45) is 5.92 Å². The molecule has 0 aromatic rings. The van der Waals surface area contributed by atoms with Gasteiger partial charge in [-0.2, -0.15) is 0 Å². The van der Waals surface area contributed by atoms with Gasteiger partial charge in [0.25, 0.3) is 0 Å². The highest BCUT2D eigenvalue weighted by Gasteiger charge is 2.05. The lowest BCUT2D eigenvalue weighted by atomic mass is 9.97. The minimum Gasteiger partial charge on any atom is -0.385 e. The van der Waals surface area contributed by atoms with E-state index in [0.29, 0.717) is 0 Å². The van der Waals surface area contributed by atoms with Crippen LogP contribution in [0.5, 0.6) is 0 Å². The number of hydrogen-bond acceptors (Lipinski definition) is 2. The summed E-state index contributed by atoms with van der Waals surface area (Å²) in [4.78, 5) is 2.25. The molecule has 0 aromatic carbocycles. The van der Waals surface area contributed by atoms with E-state index in [2.05, 4.69) is 25.9 Å². The summed E-state index contributed by atoms with van der Waals surface area (Å²) in [5.74, 6) is 0.861. The third-order valence-electron chi connectivity index (χ3n) is 2.53. The van der Waals surface area contributed by atoms with Gasteiger partial charge < -0.3 is 9.64 Å². The second-order valence-electron chi connectivity index (χ2n) is 4.00. The lowest BCUT2D eigenvalue weighted by Crippen LogP contribution is -2.14. The highest BCUT2D eigenvalue weighted by Crippen LogP contribution is 2.15. The first-order valence-corrected chi connectivity index (χ1v) is 5.34. The SMILES string of the molecule is CC[C@H](CCCN(C)C)CCOC. The number of ether oxygens (including phenoxy) is 1. The quantitative estimate of drug-likeness (QED) is 0.578. The van der Waals surface area contributed by atoms with E-state index in [-0.39, 0.29) is 0 Å². The summed E-state index contributed by atoms with van der Waals surface area (Å²) in [5, 5.41) is 0. The molecule has 0 rings (SSSR count). The lowest BCUT2D eigenvalue weighted by Gasteiger charge is -2.15. The van der Waals surface area contributed by atoms with E-state index in [4.69, 9.17) is 4.74 Å². The molecule has 0 N–H and O–H groups in total. The van der Waals surface area contributed by atoms with Gasteiger partial charge in [-0.05, 0) is 45.8 Å². The van der Waals surface area contributed by atoms with Crippen molar-refractivity contribution in [3.8, 4) is 0 Å². The molecule has 0 radical (unpaired) electrons. The fourth-order valence-electron chi connectivity index (χ4n) is 1.53. The molecule has 1 atom stereocenters. The van der Waals surface area contributed by atoms with Crippen LogP contribution in [-0.2, 0) is 4.74 Å². The number of nitrogens with zero attached hydrogens (tertiary/aromatic N) is 1. The molecular formula is C11H25NO. The van der Waals surface area contributed by atoms with Gasteiger partial charge in [-0.1, -0.05) is 13.3 Å². The van der Waals surface area contributed by atoms with E-state index in [1.54, 1.807) is 7.11 Å². The largest absolute Gasteiger partial charge is 0.385 e. The van der Waals surface area contributed by atoms with Gasteiger partial charge in [0.15, 0.2) is 0 Å². The summed E-state index contributed by atoms with van der Waals surface area (Å²) >= 11 is 0. The van der Waals surface area contributed by atoms with Gasteiger partial charge in [-0.25, -0.2) is 0 Å². The normalized spacial score (nSPS) is 13.6. The van der Waals surface area contributed by atoms with E-state index in [9.17, 15) is 0 Å². The van der Waals surface area contributed by atoms with Crippen molar-refractivity contribution in [2.75, 3.05) is 34.4 Å². The van der Waals surface area contributed by atoms with Crippen LogP contribution < -0.4 is 0 Å². The first-order chi connectivity index (χ1) is 6.20. The third-order valence-corrected chi connectivity index (χ3v) is 2.53. The maximum atomic E-state index is 5.09. The van der Waals surface area contributed by atoms with Crippen LogP contribution in [-0.4, -0.2) is 39.3 Å². The summed E-state index contributed by atoms with van der Waals surface area (Å²) in [6.45, 7) is 4.40. The van der Waals surface area contributed by atoms with Gasteiger partial charge in [0, 0.05) is 13.7 Å². The molecule has 2 heteroatoms. The van der Waals surface area contributed by atoms with E-state index >= 15 is 0 Å². The van der Waals surface area contributed by atoms with Gasteiger partial charge in [-0.15, -0.1) is 0 Å². The minimum atomic E-state index is 0.861. The van der Waals surface area contributed by atoms with Crippen LogP contribution in [0, 0.1) is 5.92 Å². The van der Waals surface area contributed by atoms with E-state index in [1.807, 2.05) is 0 Å². The third kappa shape index (κ3) is 8.26. The molecule has 0 amide bonds. The van der Waals surface area contributed by atoms with Crippen molar-refractivity contribution in [1.29, 1.82) is 0 Å². The molecule has 0 aliphatic carbocycles. The van der Waals surface area contributed by atoms with E-state index < -0.39 is 0 Å². The minimum absolute atomic E-state index is 0.861. The number of hydrogen-bond donors (Lipinski definition) is 0. The predicted molar refractivity (Wildman–Crippen MR) is 58.1 cm³/mol. The fraction of sp³-hybridized carbons (Fsp3) is 1.00. The summed E-state index contributed by atoms with van der Waals surface area (Å²) < 4.78 is 5.09. The van der Waals surface area contributed by atoms with Crippen LogP contribution in [0.2, 0.25) is 0 Å². The lowest BCUT2D eigenvalue weighted by molar-refractivity contribution is 0.172. The zero-order chi connectivity index (χ0) is 10.1.